The van der Waals surface area contributed by atoms with Crippen molar-refractivity contribution in [2.75, 3.05) is 13.1 Å². The molecule has 21 heavy (non-hydrogen) atoms. The first-order valence-corrected chi connectivity index (χ1v) is 8.97. The van der Waals surface area contributed by atoms with Crippen LogP contribution in [0.1, 0.15) is 44.2 Å². The first kappa shape index (κ1) is 13.8. The van der Waals surface area contributed by atoms with Gasteiger partial charge in [0.2, 0.25) is 0 Å². The summed E-state index contributed by atoms with van der Waals surface area (Å²) < 4.78 is 0. The van der Waals surface area contributed by atoms with Crippen molar-refractivity contribution in [3.63, 3.8) is 0 Å². The first-order valence-electron chi connectivity index (χ1n) is 8.97. The number of fused-ring (bicyclic) bond motifs is 1. The molecule has 4 rings (SSSR count). The van der Waals surface area contributed by atoms with Gasteiger partial charge in [0.1, 0.15) is 0 Å². The van der Waals surface area contributed by atoms with Crippen molar-refractivity contribution in [3.8, 4) is 0 Å². The third-order valence-corrected chi connectivity index (χ3v) is 6.58. The fourth-order valence-electron chi connectivity index (χ4n) is 5.52. The van der Waals surface area contributed by atoms with Crippen molar-refractivity contribution in [2.45, 2.75) is 46.0 Å². The average Bonchev–Trinajstić information content (AvgIpc) is 3.08. The van der Waals surface area contributed by atoms with Gasteiger partial charge in [-0.15, -0.1) is 0 Å². The van der Waals surface area contributed by atoms with Crippen LogP contribution in [0.4, 0.5) is 0 Å². The summed E-state index contributed by atoms with van der Waals surface area (Å²) in [5, 5.41) is 3.73. The zero-order valence-corrected chi connectivity index (χ0v) is 13.6. The maximum Gasteiger partial charge on any atom is -0.00147 e. The number of rotatable bonds is 4. The van der Waals surface area contributed by atoms with E-state index >= 15 is 0 Å². The van der Waals surface area contributed by atoms with Gasteiger partial charge >= 0.3 is 0 Å². The van der Waals surface area contributed by atoms with E-state index < -0.39 is 0 Å². The van der Waals surface area contributed by atoms with E-state index in [0.717, 1.165) is 23.7 Å². The fraction of sp³-hybridized carbons (Fsp3) is 0.700. The normalized spacial score (nSPS) is 36.8. The van der Waals surface area contributed by atoms with E-state index in [1.54, 1.807) is 11.1 Å². The van der Waals surface area contributed by atoms with Crippen LogP contribution >= 0.6 is 0 Å². The Morgan fingerprint density at radius 3 is 2.29 bits per heavy atom. The van der Waals surface area contributed by atoms with Crippen molar-refractivity contribution in [1.29, 1.82) is 0 Å². The van der Waals surface area contributed by atoms with Gasteiger partial charge in [-0.05, 0) is 85.4 Å². The van der Waals surface area contributed by atoms with Crippen LogP contribution in [0.3, 0.4) is 0 Å². The fourth-order valence-corrected chi connectivity index (χ4v) is 5.52. The van der Waals surface area contributed by atoms with E-state index in [0.29, 0.717) is 5.41 Å². The third-order valence-electron chi connectivity index (χ3n) is 6.58. The minimum atomic E-state index is 0.711. The lowest BCUT2D eigenvalue weighted by Gasteiger charge is -2.24. The second kappa shape index (κ2) is 5.12. The van der Waals surface area contributed by atoms with E-state index in [-0.39, 0.29) is 0 Å². The Balaban J connectivity index is 1.49. The van der Waals surface area contributed by atoms with Crippen LogP contribution in [0.25, 0.3) is 0 Å². The molecule has 0 saturated heterocycles. The van der Waals surface area contributed by atoms with Gasteiger partial charge in [-0.25, -0.2) is 0 Å². The van der Waals surface area contributed by atoms with E-state index in [2.05, 4.69) is 43.4 Å². The maximum absolute atomic E-state index is 3.73. The standard InChI is InChI=1S/C20H29N/c1-14(2)12-21-13-19-11-20(19)17-7-8-18(20)10-16-6-4-3-5-15(16)9-17/h3-6,14,17-19,21H,7-13H2,1-2H3. The highest BCUT2D eigenvalue weighted by molar-refractivity contribution is 5.33. The number of benzene rings is 1. The lowest BCUT2D eigenvalue weighted by molar-refractivity contribution is 0.256. The predicted molar refractivity (Wildman–Crippen MR) is 88.3 cm³/mol. The molecule has 3 unspecified atom stereocenters. The molecule has 3 atom stereocenters. The molecule has 2 bridgehead atoms. The highest BCUT2D eigenvalue weighted by atomic mass is 14.9. The minimum absolute atomic E-state index is 0.711. The quantitative estimate of drug-likeness (QED) is 0.878. The second-order valence-electron chi connectivity index (χ2n) is 8.21. The monoisotopic (exact) mass is 283 g/mol. The molecule has 114 valence electrons. The molecule has 1 N–H and O–H groups in total. The maximum atomic E-state index is 3.73. The largest absolute Gasteiger partial charge is 0.316 e. The Morgan fingerprint density at radius 1 is 1.10 bits per heavy atom. The van der Waals surface area contributed by atoms with Crippen molar-refractivity contribution in [1.82, 2.24) is 5.32 Å². The van der Waals surface area contributed by atoms with E-state index in [1.165, 1.54) is 45.2 Å². The molecule has 0 radical (unpaired) electrons. The zero-order chi connectivity index (χ0) is 14.4. The molecule has 0 aromatic heterocycles. The molecule has 1 aromatic carbocycles. The summed E-state index contributed by atoms with van der Waals surface area (Å²) in [6.45, 7) is 7.06. The summed E-state index contributed by atoms with van der Waals surface area (Å²) in [7, 11) is 0. The van der Waals surface area contributed by atoms with Crippen molar-refractivity contribution in [3.05, 3.63) is 35.4 Å². The molecule has 3 aliphatic rings. The van der Waals surface area contributed by atoms with Crippen LogP contribution in [0.2, 0.25) is 0 Å². The van der Waals surface area contributed by atoms with Gasteiger partial charge in [-0.2, -0.15) is 0 Å². The van der Waals surface area contributed by atoms with Gasteiger partial charge < -0.3 is 5.32 Å². The molecule has 0 amide bonds. The molecule has 2 saturated carbocycles. The number of nitrogens with one attached hydrogen (secondary N) is 1. The summed E-state index contributed by atoms with van der Waals surface area (Å²) in [5.74, 6) is 3.67. The molecule has 2 fully saturated rings. The Hall–Kier alpha value is -0.820. The second-order valence-corrected chi connectivity index (χ2v) is 8.21. The summed E-state index contributed by atoms with van der Waals surface area (Å²) >= 11 is 0. The molecule has 1 spiro atoms. The molecule has 0 aliphatic heterocycles. The molecular formula is C20H29N. The van der Waals surface area contributed by atoms with E-state index in [9.17, 15) is 0 Å². The summed E-state index contributed by atoms with van der Waals surface area (Å²) in [4.78, 5) is 0. The summed E-state index contributed by atoms with van der Waals surface area (Å²) in [6, 6.07) is 9.24. The molecular weight excluding hydrogens is 254 g/mol. The van der Waals surface area contributed by atoms with E-state index in [1.807, 2.05) is 0 Å². The van der Waals surface area contributed by atoms with Gasteiger partial charge in [-0.1, -0.05) is 38.1 Å². The lowest BCUT2D eigenvalue weighted by Crippen LogP contribution is -2.27. The molecule has 0 heterocycles. The number of hydrogen-bond donors (Lipinski definition) is 1. The highest BCUT2D eigenvalue weighted by Gasteiger charge is 2.65. The van der Waals surface area contributed by atoms with Gasteiger partial charge in [0.15, 0.2) is 0 Å². The molecule has 1 nitrogen and oxygen atoms in total. The van der Waals surface area contributed by atoms with Crippen molar-refractivity contribution >= 4 is 0 Å². The predicted octanol–water partition coefficient (Wildman–Crippen LogP) is 4.06. The Morgan fingerprint density at radius 2 is 1.71 bits per heavy atom. The smallest absolute Gasteiger partial charge is 0.00147 e. The topological polar surface area (TPSA) is 12.0 Å². The Labute approximate surface area is 129 Å². The minimum Gasteiger partial charge on any atom is -0.316 e. The van der Waals surface area contributed by atoms with Crippen LogP contribution in [-0.4, -0.2) is 13.1 Å². The zero-order valence-electron chi connectivity index (χ0n) is 13.6. The van der Waals surface area contributed by atoms with Crippen LogP contribution < -0.4 is 5.32 Å². The van der Waals surface area contributed by atoms with Crippen molar-refractivity contribution < 1.29 is 0 Å². The highest BCUT2D eigenvalue weighted by Crippen LogP contribution is 2.70. The number of hydrogen-bond acceptors (Lipinski definition) is 1. The van der Waals surface area contributed by atoms with Gasteiger partial charge in [0.25, 0.3) is 0 Å². The van der Waals surface area contributed by atoms with Gasteiger partial charge in [0.05, 0.1) is 0 Å². The molecule has 1 heteroatoms. The average molecular weight is 283 g/mol. The summed E-state index contributed by atoms with van der Waals surface area (Å²) in [6.07, 6.45) is 7.18. The van der Waals surface area contributed by atoms with Gasteiger partial charge in [-0.3, -0.25) is 0 Å². The third kappa shape index (κ3) is 2.25. The molecule has 1 aromatic rings. The Bertz CT molecular complexity index is 485. The van der Waals surface area contributed by atoms with Crippen LogP contribution in [0.15, 0.2) is 24.3 Å². The first-order chi connectivity index (χ1) is 10.2. The van der Waals surface area contributed by atoms with Crippen LogP contribution in [0.5, 0.6) is 0 Å². The lowest BCUT2D eigenvalue weighted by atomic mass is 9.82. The summed E-state index contributed by atoms with van der Waals surface area (Å²) in [5.41, 5.74) is 4.03. The van der Waals surface area contributed by atoms with Gasteiger partial charge in [0, 0.05) is 0 Å². The Kier molecular flexibility index (Phi) is 3.37. The van der Waals surface area contributed by atoms with E-state index in [4.69, 9.17) is 0 Å². The SMILES string of the molecule is CC(C)CNCC1CC12C1CCC2Cc2ccccc2C1. The van der Waals surface area contributed by atoms with Crippen LogP contribution in [-0.2, 0) is 12.8 Å². The van der Waals surface area contributed by atoms with Crippen LogP contribution in [0, 0.1) is 29.1 Å². The molecule has 3 aliphatic carbocycles. The van der Waals surface area contributed by atoms with Crippen molar-refractivity contribution in [2.24, 2.45) is 29.1 Å².